The fraction of sp³-hybridized carbons (Fsp3) is 0.909. The van der Waals surface area contributed by atoms with E-state index in [2.05, 4.69) is 10.6 Å². The van der Waals surface area contributed by atoms with E-state index in [1.807, 2.05) is 14.0 Å². The fourth-order valence-electron chi connectivity index (χ4n) is 1.44. The number of likely N-dealkylation sites (N-methyl/N-ethyl adjacent to an activating group) is 1. The second kappa shape index (κ2) is 8.83. The van der Waals surface area contributed by atoms with Crippen molar-refractivity contribution in [1.82, 2.24) is 10.6 Å². The van der Waals surface area contributed by atoms with Crippen molar-refractivity contribution in [3.8, 4) is 0 Å². The number of Topliss-reactive ketones (excluding diaryl/α,β-unsaturated/α-hetero) is 1. The van der Waals surface area contributed by atoms with E-state index in [9.17, 15) is 9.90 Å². The van der Waals surface area contributed by atoms with Crippen molar-refractivity contribution in [1.29, 1.82) is 0 Å². The Balaban J connectivity index is 3.41. The summed E-state index contributed by atoms with van der Waals surface area (Å²) in [6.07, 6.45) is 3.19. The van der Waals surface area contributed by atoms with E-state index in [-0.39, 0.29) is 11.8 Å². The number of unbranched alkanes of at least 4 members (excludes halogenated alkanes) is 1. The maximum atomic E-state index is 11.1. The van der Waals surface area contributed by atoms with Crippen LogP contribution in [-0.4, -0.2) is 36.8 Å². The molecule has 4 heteroatoms. The van der Waals surface area contributed by atoms with Crippen LogP contribution in [0.15, 0.2) is 0 Å². The van der Waals surface area contributed by atoms with Crippen molar-refractivity contribution in [2.24, 2.45) is 0 Å². The molecule has 0 fully saturated rings. The van der Waals surface area contributed by atoms with E-state index in [1.165, 1.54) is 0 Å². The average molecular weight is 216 g/mol. The van der Waals surface area contributed by atoms with Gasteiger partial charge in [0.05, 0.1) is 6.04 Å². The zero-order valence-corrected chi connectivity index (χ0v) is 10.0. The van der Waals surface area contributed by atoms with E-state index >= 15 is 0 Å². The summed E-state index contributed by atoms with van der Waals surface area (Å²) in [6.45, 7) is 4.36. The molecule has 0 rings (SSSR count). The molecule has 0 aromatic heterocycles. The normalized spacial score (nSPS) is 14.9. The first-order chi connectivity index (χ1) is 7.11. The number of aliphatic hydroxyl groups excluding tert-OH is 1. The van der Waals surface area contributed by atoms with Gasteiger partial charge in [-0.25, -0.2) is 0 Å². The molecule has 0 saturated heterocycles. The maximum absolute atomic E-state index is 11.1. The number of rotatable bonds is 9. The smallest absolute Gasteiger partial charge is 0.146 e. The van der Waals surface area contributed by atoms with E-state index < -0.39 is 6.23 Å². The predicted molar refractivity (Wildman–Crippen MR) is 61.7 cm³/mol. The average Bonchev–Trinajstić information content (AvgIpc) is 2.22. The van der Waals surface area contributed by atoms with E-state index in [1.54, 1.807) is 6.92 Å². The largest absolute Gasteiger partial charge is 0.379 e. The number of hydrogen-bond acceptors (Lipinski definition) is 4. The van der Waals surface area contributed by atoms with Gasteiger partial charge in [0.1, 0.15) is 12.0 Å². The van der Waals surface area contributed by atoms with Gasteiger partial charge in [0, 0.05) is 0 Å². The van der Waals surface area contributed by atoms with Crippen LogP contribution in [-0.2, 0) is 4.79 Å². The highest BCUT2D eigenvalue weighted by atomic mass is 16.3. The molecule has 0 bridgehead atoms. The number of ketones is 1. The summed E-state index contributed by atoms with van der Waals surface area (Å²) >= 11 is 0. The molecule has 1 unspecified atom stereocenters. The lowest BCUT2D eigenvalue weighted by molar-refractivity contribution is -0.119. The highest BCUT2D eigenvalue weighted by Crippen LogP contribution is 2.01. The first kappa shape index (κ1) is 14.6. The molecule has 0 aliphatic heterocycles. The fourth-order valence-corrected chi connectivity index (χ4v) is 1.44. The maximum Gasteiger partial charge on any atom is 0.146 e. The molecular formula is C11H24N2O2. The van der Waals surface area contributed by atoms with Gasteiger partial charge in [-0.2, -0.15) is 0 Å². The van der Waals surface area contributed by atoms with E-state index in [0.29, 0.717) is 0 Å². The van der Waals surface area contributed by atoms with Gasteiger partial charge in [0.25, 0.3) is 0 Å². The molecular weight excluding hydrogens is 192 g/mol. The van der Waals surface area contributed by atoms with E-state index in [0.717, 1.165) is 32.2 Å². The highest BCUT2D eigenvalue weighted by molar-refractivity contribution is 5.81. The van der Waals surface area contributed by atoms with Gasteiger partial charge in [0.2, 0.25) is 0 Å². The molecule has 3 N–H and O–H groups in total. The summed E-state index contributed by atoms with van der Waals surface area (Å²) in [6, 6.07) is -0.0129. The van der Waals surface area contributed by atoms with Crippen molar-refractivity contribution in [2.75, 3.05) is 13.6 Å². The monoisotopic (exact) mass is 216 g/mol. The second-order valence-electron chi connectivity index (χ2n) is 3.83. The summed E-state index contributed by atoms with van der Waals surface area (Å²) in [4.78, 5) is 11.1. The van der Waals surface area contributed by atoms with Crippen LogP contribution in [0.2, 0.25) is 0 Å². The molecule has 0 heterocycles. The zero-order chi connectivity index (χ0) is 11.7. The van der Waals surface area contributed by atoms with Gasteiger partial charge in [-0.3, -0.25) is 10.1 Å². The van der Waals surface area contributed by atoms with Crippen LogP contribution in [0.4, 0.5) is 0 Å². The van der Waals surface area contributed by atoms with Crippen molar-refractivity contribution in [3.05, 3.63) is 0 Å². The van der Waals surface area contributed by atoms with Crippen LogP contribution < -0.4 is 10.6 Å². The number of hydrogen-bond donors (Lipinski definition) is 3. The molecule has 0 saturated carbocycles. The van der Waals surface area contributed by atoms with Crippen LogP contribution in [0.3, 0.4) is 0 Å². The Labute approximate surface area is 92.4 Å². The predicted octanol–water partition coefficient (Wildman–Crippen LogP) is 0.652. The Morgan fingerprint density at radius 2 is 2.07 bits per heavy atom. The lowest BCUT2D eigenvalue weighted by Crippen LogP contribution is -2.32. The second-order valence-corrected chi connectivity index (χ2v) is 3.83. The molecule has 2 atom stereocenters. The minimum absolute atomic E-state index is 0.0129. The Hall–Kier alpha value is -0.450. The molecule has 0 aliphatic carbocycles. The Kier molecular flexibility index (Phi) is 8.56. The quantitative estimate of drug-likeness (QED) is 0.391. The molecule has 0 radical (unpaired) electrons. The molecule has 15 heavy (non-hydrogen) atoms. The van der Waals surface area contributed by atoms with Crippen LogP contribution >= 0.6 is 0 Å². The van der Waals surface area contributed by atoms with Crippen molar-refractivity contribution in [3.63, 3.8) is 0 Å². The Bertz CT molecular complexity index is 174. The van der Waals surface area contributed by atoms with Gasteiger partial charge >= 0.3 is 0 Å². The molecule has 0 aliphatic rings. The third-order valence-electron chi connectivity index (χ3n) is 2.53. The first-order valence-electron chi connectivity index (χ1n) is 5.71. The molecule has 0 amide bonds. The van der Waals surface area contributed by atoms with Gasteiger partial charge in [0.15, 0.2) is 0 Å². The van der Waals surface area contributed by atoms with Gasteiger partial charge in [-0.1, -0.05) is 13.3 Å². The van der Waals surface area contributed by atoms with E-state index in [4.69, 9.17) is 0 Å². The minimum atomic E-state index is -0.391. The van der Waals surface area contributed by atoms with Crippen molar-refractivity contribution < 1.29 is 9.90 Å². The topological polar surface area (TPSA) is 61.4 Å². The summed E-state index contributed by atoms with van der Waals surface area (Å²) in [5.74, 6) is 0.194. The third-order valence-corrected chi connectivity index (χ3v) is 2.53. The molecule has 0 aromatic carbocycles. The van der Waals surface area contributed by atoms with Crippen LogP contribution in [0.25, 0.3) is 0 Å². The van der Waals surface area contributed by atoms with Gasteiger partial charge < -0.3 is 10.4 Å². The summed E-state index contributed by atoms with van der Waals surface area (Å²) < 4.78 is 0. The standard InChI is InChI=1S/C11H24N2O2/c1-4-11(15)13-8-6-5-7-10(12-3)9(2)14/h10-13,15H,4-8H2,1-3H3/t10-,11?/m0/s1. The van der Waals surface area contributed by atoms with Crippen molar-refractivity contribution >= 4 is 5.78 Å². The van der Waals surface area contributed by atoms with Crippen LogP contribution in [0, 0.1) is 0 Å². The van der Waals surface area contributed by atoms with Crippen LogP contribution in [0.1, 0.15) is 39.5 Å². The summed E-state index contributed by atoms with van der Waals surface area (Å²) in [5, 5.41) is 15.2. The van der Waals surface area contributed by atoms with Gasteiger partial charge in [-0.15, -0.1) is 0 Å². The number of carbonyl (C=O) groups excluding carboxylic acids is 1. The first-order valence-corrected chi connectivity index (χ1v) is 5.71. The molecule has 0 spiro atoms. The van der Waals surface area contributed by atoms with Gasteiger partial charge in [-0.05, 0) is 39.8 Å². The lowest BCUT2D eigenvalue weighted by Gasteiger charge is -2.13. The summed E-state index contributed by atoms with van der Waals surface area (Å²) in [5.41, 5.74) is 0. The Morgan fingerprint density at radius 3 is 2.53 bits per heavy atom. The number of carbonyl (C=O) groups is 1. The molecule has 0 aromatic rings. The Morgan fingerprint density at radius 1 is 1.40 bits per heavy atom. The molecule has 4 nitrogen and oxygen atoms in total. The highest BCUT2D eigenvalue weighted by Gasteiger charge is 2.10. The minimum Gasteiger partial charge on any atom is -0.379 e. The third kappa shape index (κ3) is 7.48. The molecule has 90 valence electrons. The van der Waals surface area contributed by atoms with Crippen molar-refractivity contribution in [2.45, 2.75) is 51.8 Å². The zero-order valence-electron chi connectivity index (χ0n) is 10.0. The SMILES string of the molecule is CCC(O)NCCCC[C@H](NC)C(C)=O. The van der Waals surface area contributed by atoms with Crippen LogP contribution in [0.5, 0.6) is 0 Å². The lowest BCUT2D eigenvalue weighted by atomic mass is 10.1. The number of aliphatic hydroxyl groups is 1. The number of nitrogens with one attached hydrogen (secondary N) is 2. The summed E-state index contributed by atoms with van der Waals surface area (Å²) in [7, 11) is 1.81.